The minimum atomic E-state index is 0.0679. The highest BCUT2D eigenvalue weighted by molar-refractivity contribution is 5.93. The zero-order chi connectivity index (χ0) is 14.2. The van der Waals surface area contributed by atoms with Gasteiger partial charge in [-0.05, 0) is 25.0 Å². The van der Waals surface area contributed by atoms with E-state index in [9.17, 15) is 4.79 Å². The first kappa shape index (κ1) is 15.0. The number of hydrogen-bond acceptors (Lipinski definition) is 3. The van der Waals surface area contributed by atoms with Gasteiger partial charge in [-0.25, -0.2) is 0 Å². The van der Waals surface area contributed by atoms with E-state index in [1.165, 1.54) is 25.7 Å². The number of carbonyl (C=O) groups is 1. The fraction of sp³-hybridized carbons (Fsp3) is 0.625. The van der Waals surface area contributed by atoms with Gasteiger partial charge in [0.1, 0.15) is 0 Å². The van der Waals surface area contributed by atoms with Gasteiger partial charge in [-0.3, -0.25) is 9.78 Å². The molecule has 0 N–H and O–H groups in total. The first-order chi connectivity index (χ1) is 9.81. The second-order valence-corrected chi connectivity index (χ2v) is 5.25. The molecule has 110 valence electrons. The first-order valence-electron chi connectivity index (χ1n) is 7.63. The van der Waals surface area contributed by atoms with E-state index < -0.39 is 0 Å². The van der Waals surface area contributed by atoms with Gasteiger partial charge in [-0.1, -0.05) is 26.2 Å². The lowest BCUT2D eigenvalue weighted by atomic mass is 10.1. The number of aromatic nitrogens is 1. The number of ether oxygens (including phenoxy) is 1. The summed E-state index contributed by atoms with van der Waals surface area (Å²) in [6.07, 6.45) is 7.69. The third-order valence-corrected chi connectivity index (χ3v) is 3.66. The minimum absolute atomic E-state index is 0.0679. The smallest absolute Gasteiger partial charge is 0.255 e. The molecular weight excluding hydrogens is 252 g/mol. The molecule has 1 fully saturated rings. The minimum Gasteiger partial charge on any atom is -0.378 e. The molecule has 2 heterocycles. The van der Waals surface area contributed by atoms with Gasteiger partial charge < -0.3 is 9.64 Å². The summed E-state index contributed by atoms with van der Waals surface area (Å²) in [6.45, 7) is 4.84. The van der Waals surface area contributed by atoms with Gasteiger partial charge >= 0.3 is 0 Å². The Kier molecular flexibility index (Phi) is 5.99. The van der Waals surface area contributed by atoms with Crippen molar-refractivity contribution in [3.63, 3.8) is 0 Å². The Morgan fingerprint density at radius 2 is 2.05 bits per heavy atom. The molecule has 0 spiro atoms. The zero-order valence-corrected chi connectivity index (χ0v) is 12.3. The van der Waals surface area contributed by atoms with Gasteiger partial charge in [0.2, 0.25) is 0 Å². The maximum atomic E-state index is 12.2. The molecule has 0 atom stereocenters. The van der Waals surface area contributed by atoms with E-state index in [2.05, 4.69) is 11.9 Å². The van der Waals surface area contributed by atoms with Crippen LogP contribution in [0.3, 0.4) is 0 Å². The van der Waals surface area contributed by atoms with Crippen LogP contribution in [0, 0.1) is 0 Å². The molecule has 2 rings (SSSR count). The highest BCUT2D eigenvalue weighted by Gasteiger charge is 2.18. The third-order valence-electron chi connectivity index (χ3n) is 3.66. The summed E-state index contributed by atoms with van der Waals surface area (Å²) in [7, 11) is 0. The maximum Gasteiger partial charge on any atom is 0.255 e. The maximum absolute atomic E-state index is 12.2. The summed E-state index contributed by atoms with van der Waals surface area (Å²) in [5.41, 5.74) is 1.77. The fourth-order valence-electron chi connectivity index (χ4n) is 2.38. The summed E-state index contributed by atoms with van der Waals surface area (Å²) >= 11 is 0. The van der Waals surface area contributed by atoms with E-state index in [-0.39, 0.29) is 5.91 Å². The second-order valence-electron chi connectivity index (χ2n) is 5.25. The van der Waals surface area contributed by atoms with Crippen LogP contribution in [0.5, 0.6) is 0 Å². The molecule has 0 bridgehead atoms. The van der Waals surface area contributed by atoms with Crippen molar-refractivity contribution in [3.8, 4) is 0 Å². The van der Waals surface area contributed by atoms with Crippen LogP contribution in [-0.4, -0.2) is 42.1 Å². The second kappa shape index (κ2) is 8.00. The average molecular weight is 276 g/mol. The first-order valence-corrected chi connectivity index (χ1v) is 7.63. The highest BCUT2D eigenvalue weighted by Crippen LogP contribution is 2.10. The van der Waals surface area contributed by atoms with Gasteiger partial charge in [0.15, 0.2) is 0 Å². The van der Waals surface area contributed by atoms with Crippen molar-refractivity contribution in [3.05, 3.63) is 29.6 Å². The Labute approximate surface area is 121 Å². The number of carbonyl (C=O) groups excluding carboxylic acids is 1. The normalized spacial score (nSPS) is 15.3. The predicted molar refractivity (Wildman–Crippen MR) is 78.8 cm³/mol. The molecule has 1 amide bonds. The van der Waals surface area contributed by atoms with Gasteiger partial charge in [-0.2, -0.15) is 0 Å². The Morgan fingerprint density at radius 3 is 2.70 bits per heavy atom. The number of pyridine rings is 1. The molecule has 1 aliphatic heterocycles. The Balaban J connectivity index is 1.85. The largest absolute Gasteiger partial charge is 0.378 e. The van der Waals surface area contributed by atoms with Crippen LogP contribution < -0.4 is 0 Å². The van der Waals surface area contributed by atoms with E-state index in [0.29, 0.717) is 31.9 Å². The summed E-state index contributed by atoms with van der Waals surface area (Å²) in [6, 6.07) is 3.89. The van der Waals surface area contributed by atoms with Crippen molar-refractivity contribution >= 4 is 5.91 Å². The van der Waals surface area contributed by atoms with Crippen LogP contribution in [0.4, 0.5) is 0 Å². The monoisotopic (exact) mass is 276 g/mol. The van der Waals surface area contributed by atoms with E-state index in [1.807, 2.05) is 17.0 Å². The van der Waals surface area contributed by atoms with Gasteiger partial charge in [0, 0.05) is 25.0 Å². The predicted octanol–water partition coefficient (Wildman–Crippen LogP) is 2.68. The fourth-order valence-corrected chi connectivity index (χ4v) is 2.38. The molecule has 0 saturated carbocycles. The molecule has 1 saturated heterocycles. The van der Waals surface area contributed by atoms with Crippen molar-refractivity contribution in [2.45, 2.75) is 39.0 Å². The number of hydrogen-bond donors (Lipinski definition) is 0. The quantitative estimate of drug-likeness (QED) is 0.750. The molecule has 0 aliphatic carbocycles. The van der Waals surface area contributed by atoms with Crippen LogP contribution in [0.25, 0.3) is 0 Å². The molecule has 4 nitrogen and oxygen atoms in total. The van der Waals surface area contributed by atoms with Gasteiger partial charge in [-0.15, -0.1) is 0 Å². The molecule has 1 aromatic rings. The number of nitrogens with zero attached hydrogens (tertiary/aromatic N) is 2. The number of morpholine rings is 1. The standard InChI is InChI=1S/C16H24N2O2/c1-2-3-4-5-6-15-8-7-14(13-17-15)16(19)18-9-11-20-12-10-18/h7-8,13H,2-6,9-12H2,1H3. The van der Waals surface area contributed by atoms with Crippen LogP contribution in [0.1, 0.15) is 48.7 Å². The lowest BCUT2D eigenvalue weighted by Gasteiger charge is -2.26. The van der Waals surface area contributed by atoms with E-state index in [1.54, 1.807) is 6.20 Å². The van der Waals surface area contributed by atoms with E-state index >= 15 is 0 Å². The Bertz CT molecular complexity index is 411. The van der Waals surface area contributed by atoms with Gasteiger partial charge in [0.05, 0.1) is 18.8 Å². The summed E-state index contributed by atoms with van der Waals surface area (Å²) in [4.78, 5) is 18.5. The molecule has 1 aromatic heterocycles. The third kappa shape index (κ3) is 4.30. The van der Waals surface area contributed by atoms with Crippen molar-refractivity contribution < 1.29 is 9.53 Å². The van der Waals surface area contributed by atoms with Crippen molar-refractivity contribution in [2.75, 3.05) is 26.3 Å². The number of amides is 1. The Hall–Kier alpha value is -1.42. The van der Waals surface area contributed by atoms with Crippen molar-refractivity contribution in [1.29, 1.82) is 0 Å². The number of unbranched alkanes of at least 4 members (excludes halogenated alkanes) is 3. The summed E-state index contributed by atoms with van der Waals surface area (Å²) in [5, 5.41) is 0. The van der Waals surface area contributed by atoms with E-state index in [4.69, 9.17) is 4.74 Å². The van der Waals surface area contributed by atoms with Crippen LogP contribution >= 0.6 is 0 Å². The van der Waals surface area contributed by atoms with Crippen LogP contribution in [-0.2, 0) is 11.2 Å². The molecule has 4 heteroatoms. The molecular formula is C16H24N2O2. The number of rotatable bonds is 6. The molecule has 0 aromatic carbocycles. The zero-order valence-electron chi connectivity index (χ0n) is 12.3. The Morgan fingerprint density at radius 1 is 1.25 bits per heavy atom. The SMILES string of the molecule is CCCCCCc1ccc(C(=O)N2CCOCC2)cn1. The van der Waals surface area contributed by atoms with Crippen LogP contribution in [0.2, 0.25) is 0 Å². The van der Waals surface area contributed by atoms with E-state index in [0.717, 1.165) is 12.1 Å². The lowest BCUT2D eigenvalue weighted by molar-refractivity contribution is 0.0302. The summed E-state index contributed by atoms with van der Waals surface area (Å²) in [5.74, 6) is 0.0679. The molecule has 0 radical (unpaired) electrons. The molecule has 1 aliphatic rings. The van der Waals surface area contributed by atoms with Gasteiger partial charge in [0.25, 0.3) is 5.91 Å². The summed E-state index contributed by atoms with van der Waals surface area (Å²) < 4.78 is 5.26. The molecule has 20 heavy (non-hydrogen) atoms. The highest BCUT2D eigenvalue weighted by atomic mass is 16.5. The lowest BCUT2D eigenvalue weighted by Crippen LogP contribution is -2.40. The average Bonchev–Trinajstić information content (AvgIpc) is 2.52. The number of aryl methyl sites for hydroxylation is 1. The van der Waals surface area contributed by atoms with Crippen molar-refractivity contribution in [2.24, 2.45) is 0 Å². The topological polar surface area (TPSA) is 42.4 Å². The van der Waals surface area contributed by atoms with Crippen molar-refractivity contribution in [1.82, 2.24) is 9.88 Å². The van der Waals surface area contributed by atoms with Crippen LogP contribution in [0.15, 0.2) is 18.3 Å². The molecule has 0 unspecified atom stereocenters.